The molecule has 7 heteroatoms. The highest BCUT2D eigenvalue weighted by Crippen LogP contribution is 2.27. The summed E-state index contributed by atoms with van der Waals surface area (Å²) in [5.74, 6) is -0.0678. The molecule has 4 rings (SSSR count). The summed E-state index contributed by atoms with van der Waals surface area (Å²) in [6, 6.07) is 12.4. The number of carbonyl (C=O) groups excluding carboxylic acids is 2. The van der Waals surface area contributed by atoms with Gasteiger partial charge in [0.2, 0.25) is 5.91 Å². The second-order valence-electron chi connectivity index (χ2n) is 6.95. The van der Waals surface area contributed by atoms with Crippen LogP contribution in [-0.2, 0) is 11.2 Å². The van der Waals surface area contributed by atoms with Gasteiger partial charge >= 0.3 is 0 Å². The summed E-state index contributed by atoms with van der Waals surface area (Å²) >= 11 is 11.9. The van der Waals surface area contributed by atoms with Crippen molar-refractivity contribution in [1.29, 1.82) is 0 Å². The lowest BCUT2D eigenvalue weighted by Gasteiger charge is -2.31. The highest BCUT2D eigenvalue weighted by Gasteiger charge is 2.28. The van der Waals surface area contributed by atoms with Crippen LogP contribution < -0.4 is 0 Å². The van der Waals surface area contributed by atoms with Crippen molar-refractivity contribution in [3.63, 3.8) is 0 Å². The maximum atomic E-state index is 12.7. The first-order chi connectivity index (χ1) is 13.5. The molecule has 1 fully saturated rings. The molecular weight excluding hydrogens is 399 g/mol. The maximum Gasteiger partial charge on any atom is 0.228 e. The van der Waals surface area contributed by atoms with Crippen molar-refractivity contribution in [2.24, 2.45) is 5.92 Å². The monoisotopic (exact) mass is 416 g/mol. The van der Waals surface area contributed by atoms with Crippen LogP contribution in [0.5, 0.6) is 0 Å². The minimum Gasteiger partial charge on any atom is -0.356 e. The van der Waals surface area contributed by atoms with E-state index in [0.717, 1.165) is 5.39 Å². The van der Waals surface area contributed by atoms with Gasteiger partial charge in [-0.15, -0.1) is 0 Å². The third-order valence-electron chi connectivity index (χ3n) is 5.19. The summed E-state index contributed by atoms with van der Waals surface area (Å²) < 4.78 is 5.27. The van der Waals surface area contributed by atoms with E-state index in [1.54, 1.807) is 23.1 Å². The van der Waals surface area contributed by atoms with E-state index in [4.69, 9.17) is 27.7 Å². The van der Waals surface area contributed by atoms with Gasteiger partial charge < -0.3 is 9.42 Å². The summed E-state index contributed by atoms with van der Waals surface area (Å²) in [6.45, 7) is 1.10. The third-order valence-corrected chi connectivity index (χ3v) is 5.93. The van der Waals surface area contributed by atoms with E-state index in [0.29, 0.717) is 52.8 Å². The summed E-state index contributed by atoms with van der Waals surface area (Å²) in [7, 11) is 0. The maximum absolute atomic E-state index is 12.7. The molecule has 144 valence electrons. The number of rotatable bonds is 4. The first-order valence-corrected chi connectivity index (χ1v) is 9.89. The SMILES string of the molecule is O=C(c1ccc(Cl)c(Cl)c1)C1CCN(C(=O)Cc2noc3ccccc23)CC1. The Balaban J connectivity index is 1.37. The molecule has 1 aliphatic rings. The highest BCUT2D eigenvalue weighted by atomic mass is 35.5. The molecule has 0 radical (unpaired) electrons. The number of benzene rings is 2. The number of fused-ring (bicyclic) bond motifs is 1. The van der Waals surface area contributed by atoms with E-state index in [-0.39, 0.29) is 24.0 Å². The van der Waals surface area contributed by atoms with Crippen molar-refractivity contribution in [1.82, 2.24) is 10.1 Å². The van der Waals surface area contributed by atoms with E-state index in [2.05, 4.69) is 5.16 Å². The minimum absolute atomic E-state index is 0.000473. The largest absolute Gasteiger partial charge is 0.356 e. The molecule has 0 spiro atoms. The fourth-order valence-corrected chi connectivity index (χ4v) is 3.89. The zero-order valence-corrected chi connectivity index (χ0v) is 16.5. The van der Waals surface area contributed by atoms with Crippen molar-refractivity contribution in [3.05, 3.63) is 63.8 Å². The molecule has 2 aromatic carbocycles. The van der Waals surface area contributed by atoms with E-state index < -0.39 is 0 Å². The van der Waals surface area contributed by atoms with Gasteiger partial charge in [0, 0.05) is 30.0 Å². The summed E-state index contributed by atoms with van der Waals surface area (Å²) in [5, 5.41) is 5.69. The van der Waals surface area contributed by atoms with E-state index in [1.807, 2.05) is 24.3 Å². The van der Waals surface area contributed by atoms with Crippen molar-refractivity contribution in [3.8, 4) is 0 Å². The van der Waals surface area contributed by atoms with Crippen molar-refractivity contribution in [2.75, 3.05) is 13.1 Å². The number of likely N-dealkylation sites (tertiary alicyclic amines) is 1. The van der Waals surface area contributed by atoms with Gasteiger partial charge in [-0.2, -0.15) is 0 Å². The molecule has 0 N–H and O–H groups in total. The van der Waals surface area contributed by atoms with E-state index in [1.165, 1.54) is 0 Å². The number of Topliss-reactive ketones (excluding diaryl/α,β-unsaturated/α-hetero) is 1. The minimum atomic E-state index is -0.117. The van der Waals surface area contributed by atoms with Crippen LogP contribution in [0, 0.1) is 5.92 Å². The fourth-order valence-electron chi connectivity index (χ4n) is 3.60. The Bertz CT molecular complexity index is 1040. The predicted molar refractivity (Wildman–Crippen MR) is 108 cm³/mol. The summed E-state index contributed by atoms with van der Waals surface area (Å²) in [6.07, 6.45) is 1.46. The van der Waals surface area contributed by atoms with Gasteiger partial charge in [0.1, 0.15) is 5.69 Å². The molecule has 1 saturated heterocycles. The number of aromatic nitrogens is 1. The lowest BCUT2D eigenvalue weighted by Crippen LogP contribution is -2.41. The standard InChI is InChI=1S/C21H18Cl2N2O3/c22-16-6-5-14(11-17(16)23)21(27)13-7-9-25(10-8-13)20(26)12-18-15-3-1-2-4-19(15)28-24-18/h1-6,11,13H,7-10,12H2. The third kappa shape index (κ3) is 3.77. The summed E-state index contributed by atoms with van der Waals surface area (Å²) in [4.78, 5) is 27.2. The Morgan fingerprint density at radius 3 is 2.57 bits per heavy atom. The van der Waals surface area contributed by atoms with Crippen LogP contribution in [0.3, 0.4) is 0 Å². The number of halogens is 2. The van der Waals surface area contributed by atoms with Gasteiger partial charge in [-0.1, -0.05) is 40.5 Å². The van der Waals surface area contributed by atoms with Gasteiger partial charge in [-0.05, 0) is 43.2 Å². The molecular formula is C21H18Cl2N2O3. The van der Waals surface area contributed by atoms with E-state index >= 15 is 0 Å². The van der Waals surface area contributed by atoms with Crippen LogP contribution in [0.15, 0.2) is 47.0 Å². The number of para-hydroxylation sites is 1. The molecule has 1 amide bonds. The molecule has 2 heterocycles. The molecule has 0 aliphatic carbocycles. The van der Waals surface area contributed by atoms with Crippen LogP contribution in [0.1, 0.15) is 28.9 Å². The van der Waals surface area contributed by atoms with Gasteiger partial charge in [0.25, 0.3) is 0 Å². The highest BCUT2D eigenvalue weighted by molar-refractivity contribution is 6.42. The lowest BCUT2D eigenvalue weighted by molar-refractivity contribution is -0.131. The summed E-state index contributed by atoms with van der Waals surface area (Å²) in [5.41, 5.74) is 1.89. The number of nitrogens with zero attached hydrogens (tertiary/aromatic N) is 2. The Hall–Kier alpha value is -2.37. The van der Waals surface area contributed by atoms with Crippen LogP contribution in [0.4, 0.5) is 0 Å². The molecule has 0 bridgehead atoms. The van der Waals surface area contributed by atoms with Gasteiger partial charge in [0.15, 0.2) is 11.4 Å². The first-order valence-electron chi connectivity index (χ1n) is 9.13. The first kappa shape index (κ1) is 19.0. The predicted octanol–water partition coefficient (Wildman–Crippen LogP) is 4.80. The molecule has 28 heavy (non-hydrogen) atoms. The van der Waals surface area contributed by atoms with Crippen LogP contribution >= 0.6 is 23.2 Å². The van der Waals surface area contributed by atoms with Crippen molar-refractivity contribution in [2.45, 2.75) is 19.3 Å². The van der Waals surface area contributed by atoms with Gasteiger partial charge in [-0.3, -0.25) is 9.59 Å². The topological polar surface area (TPSA) is 63.4 Å². The lowest BCUT2D eigenvalue weighted by atomic mass is 9.88. The van der Waals surface area contributed by atoms with Gasteiger partial charge in [0.05, 0.1) is 16.5 Å². The van der Waals surface area contributed by atoms with Gasteiger partial charge in [-0.25, -0.2) is 0 Å². The normalized spacial score (nSPS) is 15.1. The van der Waals surface area contributed by atoms with Crippen LogP contribution in [0.2, 0.25) is 10.0 Å². The number of carbonyl (C=O) groups is 2. The van der Waals surface area contributed by atoms with Crippen LogP contribution in [0.25, 0.3) is 11.0 Å². The quantitative estimate of drug-likeness (QED) is 0.573. The van der Waals surface area contributed by atoms with Crippen LogP contribution in [-0.4, -0.2) is 34.8 Å². The Kier molecular flexibility index (Phi) is 5.38. The second kappa shape index (κ2) is 7.94. The number of ketones is 1. The molecule has 0 atom stereocenters. The molecule has 0 saturated carbocycles. The Labute approximate surface area is 172 Å². The number of hydrogen-bond donors (Lipinski definition) is 0. The molecule has 0 unspecified atom stereocenters. The molecule has 3 aromatic rings. The number of amides is 1. The Morgan fingerprint density at radius 1 is 1.07 bits per heavy atom. The van der Waals surface area contributed by atoms with Crippen molar-refractivity contribution < 1.29 is 14.1 Å². The second-order valence-corrected chi connectivity index (χ2v) is 7.76. The average Bonchev–Trinajstić information content (AvgIpc) is 3.12. The zero-order valence-electron chi connectivity index (χ0n) is 15.0. The fraction of sp³-hybridized carbons (Fsp3) is 0.286. The zero-order chi connectivity index (χ0) is 19.7. The molecule has 1 aromatic heterocycles. The Morgan fingerprint density at radius 2 is 1.82 bits per heavy atom. The van der Waals surface area contributed by atoms with E-state index in [9.17, 15) is 9.59 Å². The number of hydrogen-bond acceptors (Lipinski definition) is 4. The smallest absolute Gasteiger partial charge is 0.228 e. The average molecular weight is 417 g/mol. The molecule has 5 nitrogen and oxygen atoms in total. The molecule has 1 aliphatic heterocycles. The van der Waals surface area contributed by atoms with Crippen molar-refractivity contribution >= 4 is 45.9 Å². The number of piperidine rings is 1.